The summed E-state index contributed by atoms with van der Waals surface area (Å²) >= 11 is 0. The van der Waals surface area contributed by atoms with Crippen molar-refractivity contribution in [2.24, 2.45) is 0 Å². The number of rotatable bonds is 4. The van der Waals surface area contributed by atoms with Crippen LogP contribution in [-0.4, -0.2) is 20.0 Å². The van der Waals surface area contributed by atoms with E-state index in [0.717, 1.165) is 22.6 Å². The van der Waals surface area contributed by atoms with Crippen molar-refractivity contribution in [1.82, 2.24) is 0 Å². The number of ether oxygens (including phenoxy) is 2. The molecule has 0 atom stereocenters. The molecule has 0 saturated heterocycles. The van der Waals surface area contributed by atoms with Gasteiger partial charge in [-0.2, -0.15) is 0 Å². The van der Waals surface area contributed by atoms with Crippen molar-refractivity contribution in [3.05, 3.63) is 48.0 Å². The molecule has 0 aliphatic rings. The molecule has 2 aromatic carbocycles. The van der Waals surface area contributed by atoms with Crippen LogP contribution in [0, 0.1) is 0 Å². The first-order valence-electron chi connectivity index (χ1n) is 5.99. The Hall–Kier alpha value is -2.29. The maximum Gasteiger partial charge on any atom is 0.159 e. The first kappa shape index (κ1) is 13.1. The van der Waals surface area contributed by atoms with Gasteiger partial charge in [-0.3, -0.25) is 4.79 Å². The van der Waals surface area contributed by atoms with E-state index in [9.17, 15) is 4.79 Å². The lowest BCUT2D eigenvalue weighted by Gasteiger charge is -2.11. The van der Waals surface area contributed by atoms with Crippen molar-refractivity contribution in [2.45, 2.75) is 6.92 Å². The number of hydrogen-bond acceptors (Lipinski definition) is 3. The molecule has 0 aliphatic heterocycles. The molecule has 0 saturated carbocycles. The molecule has 3 heteroatoms. The Balaban J connectivity index is 2.57. The predicted octanol–water partition coefficient (Wildman–Crippen LogP) is 3.57. The minimum absolute atomic E-state index is 0.0341. The first-order valence-corrected chi connectivity index (χ1v) is 5.99. The van der Waals surface area contributed by atoms with Gasteiger partial charge in [-0.05, 0) is 42.8 Å². The summed E-state index contributed by atoms with van der Waals surface area (Å²) in [6, 6.07) is 13.1. The number of carbonyl (C=O) groups excluding carboxylic acids is 1. The Labute approximate surface area is 112 Å². The SMILES string of the molecule is COc1cccc(-c2cc(C(C)=O)ccc2OC)c1. The molecule has 0 amide bonds. The summed E-state index contributed by atoms with van der Waals surface area (Å²) in [6.07, 6.45) is 0. The first-order chi connectivity index (χ1) is 9.15. The van der Waals surface area contributed by atoms with E-state index in [1.54, 1.807) is 27.2 Å². The molecule has 0 aliphatic carbocycles. The van der Waals surface area contributed by atoms with Crippen LogP contribution in [0.2, 0.25) is 0 Å². The van der Waals surface area contributed by atoms with E-state index in [1.165, 1.54) is 0 Å². The highest BCUT2D eigenvalue weighted by atomic mass is 16.5. The molecule has 0 fully saturated rings. The monoisotopic (exact) mass is 256 g/mol. The topological polar surface area (TPSA) is 35.5 Å². The van der Waals surface area contributed by atoms with Crippen LogP contribution < -0.4 is 9.47 Å². The van der Waals surface area contributed by atoms with Crippen LogP contribution in [0.5, 0.6) is 11.5 Å². The quantitative estimate of drug-likeness (QED) is 0.784. The Morgan fingerprint density at radius 1 is 1.00 bits per heavy atom. The van der Waals surface area contributed by atoms with Crippen LogP contribution in [0.3, 0.4) is 0 Å². The highest BCUT2D eigenvalue weighted by Crippen LogP contribution is 2.32. The fraction of sp³-hybridized carbons (Fsp3) is 0.188. The second kappa shape index (κ2) is 5.57. The lowest BCUT2D eigenvalue weighted by atomic mass is 10.0. The lowest BCUT2D eigenvalue weighted by Crippen LogP contribution is -1.95. The molecular weight excluding hydrogens is 240 g/mol. The highest BCUT2D eigenvalue weighted by Gasteiger charge is 2.10. The minimum atomic E-state index is 0.0341. The maximum atomic E-state index is 11.5. The number of Topliss-reactive ketones (excluding diaryl/α,β-unsaturated/α-hetero) is 1. The molecule has 2 aromatic rings. The van der Waals surface area contributed by atoms with E-state index < -0.39 is 0 Å². The largest absolute Gasteiger partial charge is 0.497 e. The standard InChI is InChI=1S/C16H16O3/c1-11(17)12-7-8-16(19-3)15(10-12)13-5-4-6-14(9-13)18-2/h4-10H,1-3H3. The number of hydrogen-bond donors (Lipinski definition) is 0. The normalized spacial score (nSPS) is 10.1. The fourth-order valence-corrected chi connectivity index (χ4v) is 1.94. The van der Waals surface area contributed by atoms with Crippen molar-refractivity contribution in [3.8, 4) is 22.6 Å². The minimum Gasteiger partial charge on any atom is -0.497 e. The van der Waals surface area contributed by atoms with Crippen LogP contribution in [0.25, 0.3) is 11.1 Å². The van der Waals surface area contributed by atoms with Gasteiger partial charge < -0.3 is 9.47 Å². The summed E-state index contributed by atoms with van der Waals surface area (Å²) in [5, 5.41) is 0. The zero-order valence-corrected chi connectivity index (χ0v) is 11.3. The summed E-state index contributed by atoms with van der Waals surface area (Å²) in [7, 11) is 3.24. The third-order valence-corrected chi connectivity index (χ3v) is 2.99. The molecule has 0 aromatic heterocycles. The average Bonchev–Trinajstić information content (AvgIpc) is 2.46. The van der Waals surface area contributed by atoms with Gasteiger partial charge >= 0.3 is 0 Å². The second-order valence-electron chi connectivity index (χ2n) is 4.20. The van der Waals surface area contributed by atoms with E-state index in [-0.39, 0.29) is 5.78 Å². The summed E-state index contributed by atoms with van der Waals surface area (Å²) in [5.41, 5.74) is 2.51. The Bertz CT molecular complexity index is 603. The molecule has 19 heavy (non-hydrogen) atoms. The van der Waals surface area contributed by atoms with Gasteiger partial charge in [0.15, 0.2) is 5.78 Å². The van der Waals surface area contributed by atoms with Crippen LogP contribution in [-0.2, 0) is 0 Å². The van der Waals surface area contributed by atoms with Gasteiger partial charge in [0.05, 0.1) is 14.2 Å². The Morgan fingerprint density at radius 3 is 2.42 bits per heavy atom. The van der Waals surface area contributed by atoms with E-state index in [4.69, 9.17) is 9.47 Å². The van der Waals surface area contributed by atoms with Crippen molar-refractivity contribution < 1.29 is 14.3 Å². The van der Waals surface area contributed by atoms with E-state index >= 15 is 0 Å². The van der Waals surface area contributed by atoms with Gasteiger partial charge in [-0.15, -0.1) is 0 Å². The van der Waals surface area contributed by atoms with Gasteiger partial charge in [0.25, 0.3) is 0 Å². The molecule has 0 unspecified atom stereocenters. The zero-order chi connectivity index (χ0) is 13.8. The van der Waals surface area contributed by atoms with Crippen LogP contribution in [0.15, 0.2) is 42.5 Å². The highest BCUT2D eigenvalue weighted by molar-refractivity contribution is 5.96. The van der Waals surface area contributed by atoms with Crippen molar-refractivity contribution in [3.63, 3.8) is 0 Å². The molecule has 0 N–H and O–H groups in total. The average molecular weight is 256 g/mol. The van der Waals surface area contributed by atoms with Gasteiger partial charge in [-0.25, -0.2) is 0 Å². The Morgan fingerprint density at radius 2 is 1.79 bits per heavy atom. The van der Waals surface area contributed by atoms with Crippen molar-refractivity contribution in [2.75, 3.05) is 14.2 Å². The molecular formula is C16H16O3. The number of ketones is 1. The summed E-state index contributed by atoms with van der Waals surface area (Å²) in [4.78, 5) is 11.5. The van der Waals surface area contributed by atoms with Gasteiger partial charge in [0, 0.05) is 11.1 Å². The zero-order valence-electron chi connectivity index (χ0n) is 11.3. The number of benzene rings is 2. The Kier molecular flexibility index (Phi) is 3.85. The fourth-order valence-electron chi connectivity index (χ4n) is 1.94. The predicted molar refractivity (Wildman–Crippen MR) is 75.0 cm³/mol. The summed E-state index contributed by atoms with van der Waals surface area (Å²) < 4.78 is 10.6. The maximum absolute atomic E-state index is 11.5. The lowest BCUT2D eigenvalue weighted by molar-refractivity contribution is 0.101. The van der Waals surface area contributed by atoms with E-state index in [0.29, 0.717) is 5.56 Å². The van der Waals surface area contributed by atoms with Crippen LogP contribution >= 0.6 is 0 Å². The summed E-state index contributed by atoms with van der Waals surface area (Å²) in [6.45, 7) is 1.55. The third kappa shape index (κ3) is 2.76. The van der Waals surface area contributed by atoms with Gasteiger partial charge in [0.2, 0.25) is 0 Å². The molecule has 0 radical (unpaired) electrons. The third-order valence-electron chi connectivity index (χ3n) is 2.99. The van der Waals surface area contributed by atoms with Crippen molar-refractivity contribution >= 4 is 5.78 Å². The van der Waals surface area contributed by atoms with Crippen molar-refractivity contribution in [1.29, 1.82) is 0 Å². The molecule has 0 bridgehead atoms. The van der Waals surface area contributed by atoms with Gasteiger partial charge in [-0.1, -0.05) is 12.1 Å². The molecule has 3 nitrogen and oxygen atoms in total. The molecule has 2 rings (SSSR count). The molecule has 98 valence electrons. The van der Waals surface area contributed by atoms with E-state index in [2.05, 4.69) is 0 Å². The summed E-state index contributed by atoms with van der Waals surface area (Å²) in [5.74, 6) is 1.54. The van der Waals surface area contributed by atoms with E-state index in [1.807, 2.05) is 36.4 Å². The van der Waals surface area contributed by atoms with Gasteiger partial charge in [0.1, 0.15) is 11.5 Å². The number of methoxy groups -OCH3 is 2. The molecule has 0 spiro atoms. The van der Waals surface area contributed by atoms with Crippen LogP contribution in [0.1, 0.15) is 17.3 Å². The molecule has 0 heterocycles. The smallest absolute Gasteiger partial charge is 0.159 e. The second-order valence-corrected chi connectivity index (χ2v) is 4.20. The van der Waals surface area contributed by atoms with Crippen LogP contribution in [0.4, 0.5) is 0 Å². The number of carbonyl (C=O) groups is 1.